The lowest BCUT2D eigenvalue weighted by Gasteiger charge is -2.32. The maximum Gasteiger partial charge on any atom is 0.495 e. The Labute approximate surface area is 136 Å². The molecule has 0 N–H and O–H groups in total. The summed E-state index contributed by atoms with van der Waals surface area (Å²) in [7, 11) is -0.529. The number of aromatic nitrogens is 1. The Morgan fingerprint density at radius 3 is 2.43 bits per heavy atom. The van der Waals surface area contributed by atoms with Gasteiger partial charge in [0.2, 0.25) is 0 Å². The molecule has 3 heterocycles. The highest BCUT2D eigenvalue weighted by molar-refractivity contribution is 6.62. The zero-order chi connectivity index (χ0) is 16.7. The van der Waals surface area contributed by atoms with Crippen LogP contribution in [0.2, 0.25) is 0 Å². The molecular formula is C16H21BN2O4. The highest BCUT2D eigenvalue weighted by atomic mass is 16.7. The summed E-state index contributed by atoms with van der Waals surface area (Å²) in [6.07, 6.45) is -0.266. The van der Waals surface area contributed by atoms with E-state index in [0.717, 1.165) is 5.46 Å². The second kappa shape index (κ2) is 5.88. The predicted octanol–water partition coefficient (Wildman–Crippen LogP) is 1.34. The lowest BCUT2D eigenvalue weighted by molar-refractivity contribution is -0.0917. The molecule has 7 heteroatoms. The van der Waals surface area contributed by atoms with E-state index in [1.54, 1.807) is 6.07 Å². The molecule has 1 unspecified atom stereocenters. The Balaban J connectivity index is 1.92. The average Bonchev–Trinajstić information content (AvgIpc) is 2.76. The topological polar surface area (TPSA) is 73.6 Å². The van der Waals surface area contributed by atoms with Crippen LogP contribution in [0.4, 0.5) is 0 Å². The van der Waals surface area contributed by atoms with E-state index in [4.69, 9.17) is 18.8 Å². The van der Waals surface area contributed by atoms with E-state index in [1.165, 1.54) is 0 Å². The summed E-state index contributed by atoms with van der Waals surface area (Å²) >= 11 is 0. The normalized spacial score (nSPS) is 26.0. The van der Waals surface area contributed by atoms with Crippen LogP contribution >= 0.6 is 0 Å². The molecule has 2 fully saturated rings. The fourth-order valence-corrected chi connectivity index (χ4v) is 2.57. The van der Waals surface area contributed by atoms with Gasteiger partial charge in [0.1, 0.15) is 17.9 Å². The van der Waals surface area contributed by atoms with Crippen molar-refractivity contribution in [2.75, 3.05) is 19.8 Å². The molecule has 0 amide bonds. The van der Waals surface area contributed by atoms with E-state index < -0.39 is 18.3 Å². The van der Waals surface area contributed by atoms with Gasteiger partial charge in [-0.05, 0) is 45.3 Å². The monoisotopic (exact) mass is 316 g/mol. The zero-order valence-corrected chi connectivity index (χ0v) is 14.0. The Morgan fingerprint density at radius 2 is 1.87 bits per heavy atom. The lowest BCUT2D eigenvalue weighted by Crippen LogP contribution is -2.41. The fraction of sp³-hybridized carbons (Fsp3) is 0.625. The summed E-state index contributed by atoms with van der Waals surface area (Å²) in [4.78, 5) is 4.34. The quantitative estimate of drug-likeness (QED) is 0.767. The minimum Gasteiger partial charge on any atom is -0.399 e. The molecule has 0 radical (unpaired) electrons. The van der Waals surface area contributed by atoms with Crippen LogP contribution in [-0.2, 0) is 18.8 Å². The minimum atomic E-state index is -0.529. The molecule has 23 heavy (non-hydrogen) atoms. The zero-order valence-electron chi connectivity index (χ0n) is 14.0. The lowest BCUT2D eigenvalue weighted by atomic mass is 9.78. The standard InChI is InChI=1S/C16H21BN2O4/c1-15(2)16(3,4)23-17(22-15)11-7-12(9-18)19-13(8-11)14-10-20-5-6-21-14/h7-8,14H,5-6,10H2,1-4H3. The van der Waals surface area contributed by atoms with Crippen molar-refractivity contribution < 1.29 is 18.8 Å². The van der Waals surface area contributed by atoms with Gasteiger partial charge in [-0.15, -0.1) is 0 Å². The first-order valence-corrected chi connectivity index (χ1v) is 7.79. The molecule has 2 aliphatic rings. The van der Waals surface area contributed by atoms with Crippen LogP contribution in [0.15, 0.2) is 12.1 Å². The molecule has 3 rings (SSSR count). The third kappa shape index (κ3) is 3.13. The second-order valence-corrected chi connectivity index (χ2v) is 6.84. The summed E-state index contributed by atoms with van der Waals surface area (Å²) in [5, 5.41) is 9.27. The van der Waals surface area contributed by atoms with E-state index in [1.807, 2.05) is 33.8 Å². The summed E-state index contributed by atoms with van der Waals surface area (Å²) in [6, 6.07) is 5.67. The van der Waals surface area contributed by atoms with Crippen LogP contribution in [0.3, 0.4) is 0 Å². The molecular weight excluding hydrogens is 295 g/mol. The third-order valence-corrected chi connectivity index (χ3v) is 4.65. The van der Waals surface area contributed by atoms with Crippen LogP contribution in [-0.4, -0.2) is 43.1 Å². The van der Waals surface area contributed by atoms with Crippen molar-refractivity contribution >= 4 is 12.6 Å². The summed E-state index contributed by atoms with van der Waals surface area (Å²) in [5.41, 5.74) is 0.908. The largest absolute Gasteiger partial charge is 0.495 e. The van der Waals surface area contributed by atoms with E-state index in [0.29, 0.717) is 31.2 Å². The van der Waals surface area contributed by atoms with E-state index >= 15 is 0 Å². The van der Waals surface area contributed by atoms with Crippen LogP contribution in [0.25, 0.3) is 0 Å². The maximum absolute atomic E-state index is 9.27. The minimum absolute atomic E-state index is 0.266. The van der Waals surface area contributed by atoms with E-state index in [-0.39, 0.29) is 6.10 Å². The molecule has 122 valence electrons. The van der Waals surface area contributed by atoms with Gasteiger partial charge in [0, 0.05) is 0 Å². The van der Waals surface area contributed by atoms with Crippen LogP contribution < -0.4 is 5.46 Å². The van der Waals surface area contributed by atoms with Gasteiger partial charge < -0.3 is 18.8 Å². The smallest absolute Gasteiger partial charge is 0.399 e. The molecule has 0 spiro atoms. The first-order chi connectivity index (χ1) is 10.8. The Hall–Kier alpha value is -1.46. The highest BCUT2D eigenvalue weighted by Gasteiger charge is 2.51. The van der Waals surface area contributed by atoms with Crippen molar-refractivity contribution in [2.45, 2.75) is 45.0 Å². The molecule has 0 aliphatic carbocycles. The Bertz CT molecular complexity index is 619. The fourth-order valence-electron chi connectivity index (χ4n) is 2.57. The van der Waals surface area contributed by atoms with Crippen molar-refractivity contribution in [1.29, 1.82) is 5.26 Å². The number of nitrogens with zero attached hydrogens (tertiary/aromatic N) is 2. The molecule has 2 saturated heterocycles. The average molecular weight is 316 g/mol. The number of pyridine rings is 1. The van der Waals surface area contributed by atoms with Crippen LogP contribution in [0.1, 0.15) is 45.2 Å². The van der Waals surface area contributed by atoms with Crippen molar-refractivity contribution in [3.05, 3.63) is 23.5 Å². The van der Waals surface area contributed by atoms with Gasteiger partial charge in [0.05, 0.1) is 36.7 Å². The summed E-state index contributed by atoms with van der Waals surface area (Å²) in [5.74, 6) is 0. The summed E-state index contributed by atoms with van der Waals surface area (Å²) < 4.78 is 23.2. The number of hydrogen-bond acceptors (Lipinski definition) is 6. The molecule has 0 aromatic carbocycles. The first-order valence-electron chi connectivity index (χ1n) is 7.79. The first kappa shape index (κ1) is 16.4. The molecule has 2 aliphatic heterocycles. The molecule has 6 nitrogen and oxygen atoms in total. The van der Waals surface area contributed by atoms with Gasteiger partial charge in [0.15, 0.2) is 0 Å². The van der Waals surface area contributed by atoms with Crippen LogP contribution in [0.5, 0.6) is 0 Å². The van der Waals surface area contributed by atoms with Crippen molar-refractivity contribution in [3.63, 3.8) is 0 Å². The number of rotatable bonds is 2. The van der Waals surface area contributed by atoms with Crippen molar-refractivity contribution in [1.82, 2.24) is 4.98 Å². The Kier molecular flexibility index (Phi) is 4.19. The van der Waals surface area contributed by atoms with Crippen molar-refractivity contribution in [3.8, 4) is 6.07 Å². The highest BCUT2D eigenvalue weighted by Crippen LogP contribution is 2.36. The maximum atomic E-state index is 9.27. The van der Waals surface area contributed by atoms with Gasteiger partial charge in [0.25, 0.3) is 0 Å². The number of ether oxygens (including phenoxy) is 2. The van der Waals surface area contributed by atoms with E-state index in [9.17, 15) is 5.26 Å². The van der Waals surface area contributed by atoms with Gasteiger partial charge >= 0.3 is 7.12 Å². The summed E-state index contributed by atoms with van der Waals surface area (Å²) in [6.45, 7) is 9.53. The van der Waals surface area contributed by atoms with Gasteiger partial charge in [-0.1, -0.05) is 0 Å². The molecule has 1 aromatic heterocycles. The molecule has 1 atom stereocenters. The molecule has 0 bridgehead atoms. The molecule has 0 saturated carbocycles. The number of hydrogen-bond donors (Lipinski definition) is 0. The van der Waals surface area contributed by atoms with Crippen LogP contribution in [0, 0.1) is 11.3 Å². The molecule has 1 aromatic rings. The third-order valence-electron chi connectivity index (χ3n) is 4.65. The number of nitriles is 1. The van der Waals surface area contributed by atoms with E-state index in [2.05, 4.69) is 11.1 Å². The predicted molar refractivity (Wildman–Crippen MR) is 84.2 cm³/mol. The SMILES string of the molecule is CC1(C)OB(c2cc(C#N)nc(C3COCCO3)c2)OC1(C)C. The second-order valence-electron chi connectivity index (χ2n) is 6.84. The van der Waals surface area contributed by atoms with Crippen molar-refractivity contribution in [2.24, 2.45) is 0 Å². The Morgan fingerprint density at radius 1 is 1.17 bits per heavy atom. The van der Waals surface area contributed by atoms with Gasteiger partial charge in [-0.25, -0.2) is 4.98 Å². The van der Waals surface area contributed by atoms with Gasteiger partial charge in [-0.2, -0.15) is 5.26 Å². The van der Waals surface area contributed by atoms with Gasteiger partial charge in [-0.3, -0.25) is 0 Å².